The van der Waals surface area contributed by atoms with Gasteiger partial charge in [0, 0.05) is 5.02 Å². The van der Waals surface area contributed by atoms with Crippen molar-refractivity contribution in [1.82, 2.24) is 14.8 Å². The molecular formula is C23H20Cl2N4O3S. The molecule has 2 aromatic heterocycles. The van der Waals surface area contributed by atoms with Crippen molar-refractivity contribution in [2.45, 2.75) is 25.2 Å². The first-order valence-corrected chi connectivity index (χ1v) is 11.7. The van der Waals surface area contributed by atoms with Gasteiger partial charge in [0.2, 0.25) is 5.91 Å². The largest absolute Gasteiger partial charge is 0.486 e. The van der Waals surface area contributed by atoms with E-state index < -0.39 is 0 Å². The molecule has 0 fully saturated rings. The Morgan fingerprint density at radius 2 is 1.97 bits per heavy atom. The molecule has 1 amide bonds. The molecule has 0 saturated carbocycles. The minimum atomic E-state index is -0.242. The first-order chi connectivity index (χ1) is 16.0. The van der Waals surface area contributed by atoms with E-state index in [-0.39, 0.29) is 18.3 Å². The van der Waals surface area contributed by atoms with E-state index >= 15 is 0 Å². The van der Waals surface area contributed by atoms with Crippen molar-refractivity contribution in [3.63, 3.8) is 0 Å². The number of thioether (sulfide) groups is 1. The fourth-order valence-corrected chi connectivity index (χ4v) is 4.04. The summed E-state index contributed by atoms with van der Waals surface area (Å²) in [5.74, 6) is 1.96. The van der Waals surface area contributed by atoms with Crippen molar-refractivity contribution in [2.24, 2.45) is 0 Å². The number of amides is 1. The summed E-state index contributed by atoms with van der Waals surface area (Å²) in [6.07, 6.45) is 1.61. The lowest BCUT2D eigenvalue weighted by Gasteiger charge is -2.11. The van der Waals surface area contributed by atoms with Gasteiger partial charge in [0.05, 0.1) is 29.3 Å². The van der Waals surface area contributed by atoms with Crippen LogP contribution >= 0.6 is 35.0 Å². The van der Waals surface area contributed by atoms with Gasteiger partial charge in [-0.25, -0.2) is 0 Å². The van der Waals surface area contributed by atoms with Crippen LogP contribution in [0.5, 0.6) is 5.75 Å². The molecule has 10 heteroatoms. The summed E-state index contributed by atoms with van der Waals surface area (Å²) in [6.45, 7) is 2.65. The highest BCUT2D eigenvalue weighted by molar-refractivity contribution is 7.99. The quantitative estimate of drug-likeness (QED) is 0.289. The molecule has 2 aromatic carbocycles. The number of carbonyl (C=O) groups excluding carboxylic acids is 1. The Labute approximate surface area is 205 Å². The Bertz CT molecular complexity index is 1230. The average molecular weight is 503 g/mol. The zero-order chi connectivity index (χ0) is 23.2. The van der Waals surface area contributed by atoms with Gasteiger partial charge in [0.1, 0.15) is 18.1 Å². The zero-order valence-corrected chi connectivity index (χ0v) is 20.0. The summed E-state index contributed by atoms with van der Waals surface area (Å²) in [6, 6.07) is 16.4. The Morgan fingerprint density at radius 1 is 1.15 bits per heavy atom. The van der Waals surface area contributed by atoms with Gasteiger partial charge in [-0.3, -0.25) is 9.36 Å². The second-order valence-corrected chi connectivity index (χ2v) is 8.91. The standard InChI is InChI=1S/C23H20Cl2N4O3S/c1-15-4-7-17(8-5-15)32-13-21-27-28-23(29(21)12-18-3-2-10-31-18)33-14-22(30)26-20-11-16(24)6-9-19(20)25/h2-11H,12-14H2,1H3,(H,26,30). The Morgan fingerprint density at radius 3 is 2.73 bits per heavy atom. The molecule has 0 radical (unpaired) electrons. The maximum atomic E-state index is 12.5. The summed E-state index contributed by atoms with van der Waals surface area (Å²) in [5.41, 5.74) is 1.61. The van der Waals surface area contributed by atoms with Crippen LogP contribution in [0, 0.1) is 6.92 Å². The van der Waals surface area contributed by atoms with Crippen molar-refractivity contribution in [2.75, 3.05) is 11.1 Å². The molecule has 0 spiro atoms. The number of furan rings is 1. The van der Waals surface area contributed by atoms with E-state index in [2.05, 4.69) is 15.5 Å². The van der Waals surface area contributed by atoms with E-state index in [1.807, 2.05) is 47.9 Å². The van der Waals surface area contributed by atoms with Crippen LogP contribution in [0.1, 0.15) is 17.1 Å². The topological polar surface area (TPSA) is 82.2 Å². The molecule has 0 saturated heterocycles. The summed E-state index contributed by atoms with van der Waals surface area (Å²) in [7, 11) is 0. The van der Waals surface area contributed by atoms with E-state index in [0.717, 1.165) is 17.1 Å². The third kappa shape index (κ3) is 6.31. The Hall–Kier alpha value is -2.94. The van der Waals surface area contributed by atoms with Crippen molar-refractivity contribution in [3.05, 3.63) is 88.1 Å². The molecule has 170 valence electrons. The summed E-state index contributed by atoms with van der Waals surface area (Å²) < 4.78 is 13.2. The monoisotopic (exact) mass is 502 g/mol. The number of ether oxygens (including phenoxy) is 1. The number of hydrogen-bond donors (Lipinski definition) is 1. The van der Waals surface area contributed by atoms with E-state index in [1.54, 1.807) is 24.5 Å². The third-order valence-electron chi connectivity index (χ3n) is 4.61. The number of aromatic nitrogens is 3. The number of rotatable bonds is 9. The summed E-state index contributed by atoms with van der Waals surface area (Å²) in [5, 5.41) is 12.8. The van der Waals surface area contributed by atoms with Crippen molar-refractivity contribution < 1.29 is 13.9 Å². The van der Waals surface area contributed by atoms with Gasteiger partial charge in [-0.2, -0.15) is 0 Å². The summed E-state index contributed by atoms with van der Waals surface area (Å²) >= 11 is 13.4. The van der Waals surface area contributed by atoms with Crippen LogP contribution in [0.25, 0.3) is 0 Å². The smallest absolute Gasteiger partial charge is 0.234 e. The predicted octanol–water partition coefficient (Wildman–Crippen LogP) is 5.84. The van der Waals surface area contributed by atoms with E-state index in [1.165, 1.54) is 11.8 Å². The van der Waals surface area contributed by atoms with Crippen LogP contribution in [0.2, 0.25) is 10.0 Å². The Kier molecular flexibility index (Phi) is 7.59. The van der Waals surface area contributed by atoms with Crippen molar-refractivity contribution in [3.8, 4) is 5.75 Å². The van der Waals surface area contributed by atoms with Crippen LogP contribution in [-0.4, -0.2) is 26.4 Å². The van der Waals surface area contributed by atoms with Gasteiger partial charge >= 0.3 is 0 Å². The Balaban J connectivity index is 1.45. The zero-order valence-electron chi connectivity index (χ0n) is 17.6. The molecule has 0 aliphatic rings. The minimum Gasteiger partial charge on any atom is -0.486 e. The highest BCUT2D eigenvalue weighted by Gasteiger charge is 2.17. The molecule has 0 unspecified atom stereocenters. The van der Waals surface area contributed by atoms with Crippen LogP contribution < -0.4 is 10.1 Å². The first kappa shape index (κ1) is 23.2. The van der Waals surface area contributed by atoms with E-state index in [4.69, 9.17) is 32.4 Å². The maximum absolute atomic E-state index is 12.5. The predicted molar refractivity (Wildman–Crippen MR) is 129 cm³/mol. The lowest BCUT2D eigenvalue weighted by Crippen LogP contribution is -2.15. The molecule has 1 N–H and O–H groups in total. The fraction of sp³-hybridized carbons (Fsp3) is 0.174. The SMILES string of the molecule is Cc1ccc(OCc2nnc(SCC(=O)Nc3cc(Cl)ccc3Cl)n2Cc2ccco2)cc1. The number of hydrogen-bond acceptors (Lipinski definition) is 6. The summed E-state index contributed by atoms with van der Waals surface area (Å²) in [4.78, 5) is 12.5. The number of aryl methyl sites for hydroxylation is 1. The number of benzene rings is 2. The van der Waals surface area contributed by atoms with Crippen LogP contribution in [0.3, 0.4) is 0 Å². The molecule has 33 heavy (non-hydrogen) atoms. The van der Waals surface area contributed by atoms with E-state index in [9.17, 15) is 4.79 Å². The van der Waals surface area contributed by atoms with Crippen molar-refractivity contribution >= 4 is 46.6 Å². The van der Waals surface area contributed by atoms with Crippen LogP contribution in [-0.2, 0) is 17.9 Å². The lowest BCUT2D eigenvalue weighted by molar-refractivity contribution is -0.113. The molecule has 0 atom stereocenters. The second-order valence-electron chi connectivity index (χ2n) is 7.13. The number of nitrogens with one attached hydrogen (secondary N) is 1. The average Bonchev–Trinajstić information content (AvgIpc) is 3.45. The minimum absolute atomic E-state index is 0.109. The molecular weight excluding hydrogens is 483 g/mol. The van der Waals surface area contributed by atoms with Crippen molar-refractivity contribution in [1.29, 1.82) is 0 Å². The highest BCUT2D eigenvalue weighted by Crippen LogP contribution is 2.26. The highest BCUT2D eigenvalue weighted by atomic mass is 35.5. The fourth-order valence-electron chi connectivity index (χ4n) is 2.94. The van der Waals surface area contributed by atoms with E-state index in [0.29, 0.717) is 33.3 Å². The van der Waals surface area contributed by atoms with Gasteiger partial charge < -0.3 is 14.5 Å². The molecule has 4 aromatic rings. The maximum Gasteiger partial charge on any atom is 0.234 e. The van der Waals surface area contributed by atoms with Gasteiger partial charge in [-0.15, -0.1) is 10.2 Å². The molecule has 2 heterocycles. The number of carbonyl (C=O) groups is 1. The molecule has 0 aliphatic carbocycles. The first-order valence-electron chi connectivity index (χ1n) is 9.99. The van der Waals surface area contributed by atoms with Gasteiger partial charge in [-0.05, 0) is 49.4 Å². The van der Waals surface area contributed by atoms with Gasteiger partial charge in [-0.1, -0.05) is 52.7 Å². The molecule has 7 nitrogen and oxygen atoms in total. The second kappa shape index (κ2) is 10.8. The van der Waals surface area contributed by atoms with Crippen LogP contribution in [0.15, 0.2) is 70.4 Å². The number of anilines is 1. The lowest BCUT2D eigenvalue weighted by atomic mass is 10.2. The molecule has 0 bridgehead atoms. The van der Waals surface area contributed by atoms with Gasteiger partial charge in [0.25, 0.3) is 0 Å². The normalized spacial score (nSPS) is 10.9. The molecule has 0 aliphatic heterocycles. The molecule has 4 rings (SSSR count). The number of halogens is 2. The number of nitrogens with zero attached hydrogens (tertiary/aromatic N) is 3. The van der Waals surface area contributed by atoms with Crippen LogP contribution in [0.4, 0.5) is 5.69 Å². The van der Waals surface area contributed by atoms with Gasteiger partial charge in [0.15, 0.2) is 11.0 Å². The third-order valence-corrected chi connectivity index (χ3v) is 6.14.